The van der Waals surface area contributed by atoms with E-state index in [0.717, 1.165) is 29.4 Å². The van der Waals surface area contributed by atoms with Crippen molar-refractivity contribution in [1.29, 1.82) is 0 Å². The zero-order chi connectivity index (χ0) is 14.5. The van der Waals surface area contributed by atoms with Crippen LogP contribution < -0.4 is 5.32 Å². The number of carbonyl (C=O) groups is 1. The maximum Gasteiger partial charge on any atom is 0.337 e. The zero-order valence-electron chi connectivity index (χ0n) is 12.0. The molecule has 19 heavy (non-hydrogen) atoms. The first kappa shape index (κ1) is 16.2. The Balaban J connectivity index is 2.78. The molecule has 0 fully saturated rings. The van der Waals surface area contributed by atoms with E-state index in [2.05, 4.69) is 42.0 Å². The molecule has 1 aromatic rings. The van der Waals surface area contributed by atoms with E-state index in [-0.39, 0.29) is 11.5 Å². The Morgan fingerprint density at radius 3 is 2.47 bits per heavy atom. The zero-order valence-corrected chi connectivity index (χ0v) is 13.6. The van der Waals surface area contributed by atoms with Gasteiger partial charge in [0.2, 0.25) is 0 Å². The maximum atomic E-state index is 11.4. The lowest BCUT2D eigenvalue weighted by Crippen LogP contribution is -2.40. The van der Waals surface area contributed by atoms with Gasteiger partial charge < -0.3 is 10.1 Å². The first-order chi connectivity index (χ1) is 8.95. The van der Waals surface area contributed by atoms with E-state index in [1.54, 1.807) is 12.1 Å². The number of methoxy groups -OCH3 is 1. The number of carbonyl (C=O) groups excluding carboxylic acids is 1. The molecule has 1 N–H and O–H groups in total. The highest BCUT2D eigenvalue weighted by Gasteiger charge is 2.18. The minimum Gasteiger partial charge on any atom is -0.465 e. The SMILES string of the molecule is CCC(C)(CC)NCc1ccc(C(=O)OC)cc1Br. The molecular formula is C15H22BrNO2. The molecule has 4 heteroatoms. The molecular weight excluding hydrogens is 306 g/mol. The average Bonchev–Trinajstić information content (AvgIpc) is 2.44. The topological polar surface area (TPSA) is 38.3 Å². The monoisotopic (exact) mass is 327 g/mol. The average molecular weight is 328 g/mol. The lowest BCUT2D eigenvalue weighted by molar-refractivity contribution is 0.0600. The molecule has 0 bridgehead atoms. The Morgan fingerprint density at radius 2 is 2.00 bits per heavy atom. The number of nitrogens with one attached hydrogen (secondary N) is 1. The molecule has 106 valence electrons. The molecule has 0 amide bonds. The number of hydrogen-bond acceptors (Lipinski definition) is 3. The van der Waals surface area contributed by atoms with Crippen molar-refractivity contribution in [3.05, 3.63) is 33.8 Å². The number of esters is 1. The summed E-state index contributed by atoms with van der Waals surface area (Å²) in [6, 6.07) is 5.55. The molecule has 0 atom stereocenters. The Labute approximate surface area is 123 Å². The molecule has 0 aliphatic carbocycles. The van der Waals surface area contributed by atoms with Crippen LogP contribution in [0, 0.1) is 0 Å². The summed E-state index contributed by atoms with van der Waals surface area (Å²) in [4.78, 5) is 11.4. The molecule has 0 spiro atoms. The third-order valence-electron chi connectivity index (χ3n) is 3.74. The lowest BCUT2D eigenvalue weighted by Gasteiger charge is -2.28. The molecule has 1 aromatic carbocycles. The second kappa shape index (κ2) is 7.06. The van der Waals surface area contributed by atoms with Gasteiger partial charge in [0.1, 0.15) is 0 Å². The van der Waals surface area contributed by atoms with Gasteiger partial charge in [-0.25, -0.2) is 4.79 Å². The Hall–Kier alpha value is -0.870. The largest absolute Gasteiger partial charge is 0.465 e. The smallest absolute Gasteiger partial charge is 0.337 e. The minimum absolute atomic E-state index is 0.153. The highest BCUT2D eigenvalue weighted by atomic mass is 79.9. The number of benzene rings is 1. The first-order valence-electron chi connectivity index (χ1n) is 6.57. The van der Waals surface area contributed by atoms with Crippen LogP contribution in [0.1, 0.15) is 49.5 Å². The molecule has 0 aliphatic rings. The van der Waals surface area contributed by atoms with Crippen molar-refractivity contribution in [3.63, 3.8) is 0 Å². The van der Waals surface area contributed by atoms with Crippen LogP contribution in [-0.4, -0.2) is 18.6 Å². The van der Waals surface area contributed by atoms with Crippen molar-refractivity contribution in [2.75, 3.05) is 7.11 Å². The second-order valence-corrected chi connectivity index (χ2v) is 5.77. The normalized spacial score (nSPS) is 11.4. The van der Waals surface area contributed by atoms with Gasteiger partial charge in [-0.15, -0.1) is 0 Å². The maximum absolute atomic E-state index is 11.4. The minimum atomic E-state index is -0.313. The molecule has 0 heterocycles. The molecule has 0 unspecified atom stereocenters. The van der Waals surface area contributed by atoms with Gasteiger partial charge in [0.15, 0.2) is 0 Å². The van der Waals surface area contributed by atoms with E-state index in [1.807, 2.05) is 6.07 Å². The third kappa shape index (κ3) is 4.32. The summed E-state index contributed by atoms with van der Waals surface area (Å²) < 4.78 is 5.63. The highest BCUT2D eigenvalue weighted by Crippen LogP contribution is 2.21. The van der Waals surface area contributed by atoms with Gasteiger partial charge in [-0.3, -0.25) is 0 Å². The van der Waals surface area contributed by atoms with E-state index in [0.29, 0.717) is 5.56 Å². The van der Waals surface area contributed by atoms with E-state index in [9.17, 15) is 4.79 Å². The summed E-state index contributed by atoms with van der Waals surface area (Å²) in [6.07, 6.45) is 2.17. The van der Waals surface area contributed by atoms with Crippen LogP contribution in [0.4, 0.5) is 0 Å². The van der Waals surface area contributed by atoms with Crippen molar-refractivity contribution in [3.8, 4) is 0 Å². The van der Waals surface area contributed by atoms with Gasteiger partial charge in [0.25, 0.3) is 0 Å². The summed E-state index contributed by atoms with van der Waals surface area (Å²) >= 11 is 3.51. The lowest BCUT2D eigenvalue weighted by atomic mass is 9.95. The Kier molecular flexibility index (Phi) is 6.01. The number of halogens is 1. The van der Waals surface area contributed by atoms with E-state index < -0.39 is 0 Å². The van der Waals surface area contributed by atoms with E-state index >= 15 is 0 Å². The third-order valence-corrected chi connectivity index (χ3v) is 4.48. The molecule has 0 saturated heterocycles. The Morgan fingerprint density at radius 1 is 1.37 bits per heavy atom. The fraction of sp³-hybridized carbons (Fsp3) is 0.533. The quantitative estimate of drug-likeness (QED) is 0.805. The predicted molar refractivity (Wildman–Crippen MR) is 81.3 cm³/mol. The number of rotatable bonds is 6. The molecule has 0 aromatic heterocycles. The van der Waals surface area contributed by atoms with Gasteiger partial charge in [-0.2, -0.15) is 0 Å². The van der Waals surface area contributed by atoms with Gasteiger partial charge in [-0.05, 0) is 37.5 Å². The fourth-order valence-electron chi connectivity index (χ4n) is 1.74. The van der Waals surface area contributed by atoms with Crippen LogP contribution in [0.25, 0.3) is 0 Å². The van der Waals surface area contributed by atoms with Crippen molar-refractivity contribution in [1.82, 2.24) is 5.32 Å². The van der Waals surface area contributed by atoms with Gasteiger partial charge >= 0.3 is 5.97 Å². The van der Waals surface area contributed by atoms with Crippen LogP contribution in [0.3, 0.4) is 0 Å². The first-order valence-corrected chi connectivity index (χ1v) is 7.36. The van der Waals surface area contributed by atoms with E-state index in [4.69, 9.17) is 4.74 Å². The summed E-state index contributed by atoms with van der Waals surface area (Å²) in [5.74, 6) is -0.313. The fourth-order valence-corrected chi connectivity index (χ4v) is 2.26. The van der Waals surface area contributed by atoms with Crippen LogP contribution in [-0.2, 0) is 11.3 Å². The van der Waals surface area contributed by atoms with Crippen LogP contribution in [0.5, 0.6) is 0 Å². The van der Waals surface area contributed by atoms with Crippen molar-refractivity contribution < 1.29 is 9.53 Å². The van der Waals surface area contributed by atoms with E-state index in [1.165, 1.54) is 7.11 Å². The van der Waals surface area contributed by atoms with Gasteiger partial charge in [0.05, 0.1) is 12.7 Å². The van der Waals surface area contributed by atoms with Gasteiger partial charge in [0, 0.05) is 16.6 Å². The predicted octanol–water partition coefficient (Wildman–Crippen LogP) is 3.90. The summed E-state index contributed by atoms with van der Waals surface area (Å²) in [6.45, 7) is 7.38. The summed E-state index contributed by atoms with van der Waals surface area (Å²) in [5.41, 5.74) is 1.85. The van der Waals surface area contributed by atoms with Crippen molar-refractivity contribution in [2.24, 2.45) is 0 Å². The summed E-state index contributed by atoms with van der Waals surface area (Å²) in [7, 11) is 1.39. The molecule has 0 saturated carbocycles. The van der Waals surface area contributed by atoms with Gasteiger partial charge in [-0.1, -0.05) is 35.8 Å². The Bertz CT molecular complexity index is 442. The standard InChI is InChI=1S/C15H22BrNO2/c1-5-15(3,6-2)17-10-12-8-7-11(9-13(12)16)14(18)19-4/h7-9,17H,5-6,10H2,1-4H3. The molecule has 3 nitrogen and oxygen atoms in total. The number of ether oxygens (including phenoxy) is 1. The molecule has 0 aliphatic heterocycles. The number of hydrogen-bond donors (Lipinski definition) is 1. The van der Waals surface area contributed by atoms with Crippen LogP contribution >= 0.6 is 15.9 Å². The molecule has 0 radical (unpaired) electrons. The van der Waals surface area contributed by atoms with Crippen molar-refractivity contribution in [2.45, 2.75) is 45.7 Å². The molecule has 1 rings (SSSR count). The second-order valence-electron chi connectivity index (χ2n) is 4.92. The summed E-state index contributed by atoms with van der Waals surface area (Å²) in [5, 5.41) is 3.57. The van der Waals surface area contributed by atoms with Crippen molar-refractivity contribution >= 4 is 21.9 Å². The van der Waals surface area contributed by atoms with Crippen LogP contribution in [0.15, 0.2) is 22.7 Å². The highest BCUT2D eigenvalue weighted by molar-refractivity contribution is 9.10. The van der Waals surface area contributed by atoms with Crippen LogP contribution in [0.2, 0.25) is 0 Å².